The maximum absolute atomic E-state index is 12.8. The lowest BCUT2D eigenvalue weighted by molar-refractivity contribution is 0.478. The number of nitrogens with one attached hydrogen (secondary N) is 1. The Labute approximate surface area is 199 Å². The lowest BCUT2D eigenvalue weighted by Gasteiger charge is -2.13. The first kappa shape index (κ1) is 22.8. The molecule has 0 saturated heterocycles. The third-order valence-electron chi connectivity index (χ3n) is 4.51. The maximum Gasteiger partial charge on any atom is 0.313 e. The SMILES string of the molecule is CCc1cncc(Oc2ccc(NS(=O)(=O)c3ccc(Cl)c(Cl)c3)cc2-c2nnc(N)o2)c1. The summed E-state index contributed by atoms with van der Waals surface area (Å²) in [5, 5.41) is 7.92. The number of rotatable bonds is 7. The highest BCUT2D eigenvalue weighted by Crippen LogP contribution is 2.36. The van der Waals surface area contributed by atoms with Gasteiger partial charge < -0.3 is 14.9 Å². The van der Waals surface area contributed by atoms with E-state index in [-0.39, 0.29) is 32.5 Å². The number of aromatic nitrogens is 3. The molecule has 2 aromatic heterocycles. The molecule has 0 aliphatic carbocycles. The standard InChI is InChI=1S/C21H17Cl2N5O4S/c1-2-12-7-14(11-25-10-12)31-19-6-3-13(8-16(19)20-26-27-21(24)32-20)28-33(29,30)15-4-5-17(22)18(23)9-15/h3-11,28H,2H2,1H3,(H2,24,27). The summed E-state index contributed by atoms with van der Waals surface area (Å²) in [6.07, 6.45) is 4.09. The van der Waals surface area contributed by atoms with Crippen LogP contribution in [0.5, 0.6) is 11.5 Å². The minimum absolute atomic E-state index is 0.0525. The van der Waals surface area contributed by atoms with E-state index in [0.717, 1.165) is 12.0 Å². The Balaban J connectivity index is 1.71. The van der Waals surface area contributed by atoms with E-state index in [2.05, 4.69) is 19.9 Å². The van der Waals surface area contributed by atoms with Gasteiger partial charge in [0.05, 0.1) is 26.7 Å². The van der Waals surface area contributed by atoms with Gasteiger partial charge in [-0.05, 0) is 54.4 Å². The quantitative estimate of drug-likeness (QED) is 0.351. The third kappa shape index (κ3) is 5.19. The molecule has 3 N–H and O–H groups in total. The molecule has 2 heterocycles. The summed E-state index contributed by atoms with van der Waals surface area (Å²) >= 11 is 11.8. The number of aryl methyl sites for hydroxylation is 1. The van der Waals surface area contributed by atoms with Crippen molar-refractivity contribution in [3.8, 4) is 23.0 Å². The van der Waals surface area contributed by atoms with Crippen molar-refractivity contribution >= 4 is 44.9 Å². The monoisotopic (exact) mass is 505 g/mol. The first-order valence-corrected chi connectivity index (χ1v) is 11.8. The Kier molecular flexibility index (Phi) is 6.41. The van der Waals surface area contributed by atoms with Crippen molar-refractivity contribution in [2.75, 3.05) is 10.5 Å². The minimum atomic E-state index is -3.96. The molecular formula is C21H17Cl2N5O4S. The molecule has 0 bridgehead atoms. The number of ether oxygens (including phenoxy) is 1. The highest BCUT2D eigenvalue weighted by atomic mass is 35.5. The number of halogens is 2. The van der Waals surface area contributed by atoms with E-state index in [1.165, 1.54) is 30.3 Å². The zero-order valence-corrected chi connectivity index (χ0v) is 19.4. The zero-order valence-electron chi connectivity index (χ0n) is 17.1. The van der Waals surface area contributed by atoms with Crippen LogP contribution in [0.3, 0.4) is 0 Å². The number of nitrogens with zero attached hydrogens (tertiary/aromatic N) is 3. The Morgan fingerprint density at radius 1 is 1.06 bits per heavy atom. The number of anilines is 2. The lowest BCUT2D eigenvalue weighted by Crippen LogP contribution is -2.13. The number of hydrogen-bond donors (Lipinski definition) is 2. The van der Waals surface area contributed by atoms with Crippen LogP contribution in [-0.2, 0) is 16.4 Å². The number of hydrogen-bond acceptors (Lipinski definition) is 8. The fourth-order valence-electron chi connectivity index (χ4n) is 2.89. The molecule has 2 aromatic carbocycles. The van der Waals surface area contributed by atoms with E-state index in [4.69, 9.17) is 38.1 Å². The second-order valence-electron chi connectivity index (χ2n) is 6.82. The molecule has 33 heavy (non-hydrogen) atoms. The summed E-state index contributed by atoms with van der Waals surface area (Å²) in [5.74, 6) is 0.885. The second kappa shape index (κ2) is 9.26. The molecule has 170 valence electrons. The fraction of sp³-hybridized carbons (Fsp3) is 0.0952. The van der Waals surface area contributed by atoms with Gasteiger partial charge in [-0.3, -0.25) is 9.71 Å². The third-order valence-corrected chi connectivity index (χ3v) is 6.63. The molecule has 9 nitrogen and oxygen atoms in total. The number of sulfonamides is 1. The summed E-state index contributed by atoms with van der Waals surface area (Å²) in [7, 11) is -3.96. The molecule has 4 rings (SSSR count). The molecule has 4 aromatic rings. The van der Waals surface area contributed by atoms with Crippen LogP contribution in [0, 0.1) is 0 Å². The molecule has 0 aliphatic rings. The number of nitrogens with two attached hydrogens (primary N) is 1. The summed E-state index contributed by atoms with van der Waals surface area (Å²) in [4.78, 5) is 4.11. The summed E-state index contributed by atoms with van der Waals surface area (Å²) < 4.78 is 39.5. The van der Waals surface area contributed by atoms with Crippen molar-refractivity contribution in [1.29, 1.82) is 0 Å². The predicted molar refractivity (Wildman–Crippen MR) is 125 cm³/mol. The molecule has 12 heteroatoms. The van der Waals surface area contributed by atoms with Crippen LogP contribution in [0.2, 0.25) is 10.0 Å². The van der Waals surface area contributed by atoms with Gasteiger partial charge in [0.1, 0.15) is 11.5 Å². The predicted octanol–water partition coefficient (Wildman–Crippen LogP) is 5.18. The summed E-state index contributed by atoms with van der Waals surface area (Å²) in [6, 6.07) is 10.3. The van der Waals surface area contributed by atoms with Gasteiger partial charge in [-0.1, -0.05) is 35.2 Å². The first-order valence-electron chi connectivity index (χ1n) is 9.58. The average Bonchev–Trinajstić information content (AvgIpc) is 3.22. The van der Waals surface area contributed by atoms with E-state index in [1.807, 2.05) is 13.0 Å². The molecule has 0 amide bonds. The molecule has 0 spiro atoms. The van der Waals surface area contributed by atoms with E-state index in [1.54, 1.807) is 18.5 Å². The molecule has 0 radical (unpaired) electrons. The van der Waals surface area contributed by atoms with Crippen LogP contribution in [-0.4, -0.2) is 23.6 Å². The van der Waals surface area contributed by atoms with Crippen LogP contribution in [0.15, 0.2) is 64.2 Å². The van der Waals surface area contributed by atoms with Crippen molar-refractivity contribution in [3.05, 3.63) is 70.5 Å². The Hall–Kier alpha value is -3.34. The van der Waals surface area contributed by atoms with E-state index < -0.39 is 10.0 Å². The molecule has 0 saturated carbocycles. The van der Waals surface area contributed by atoms with Crippen molar-refractivity contribution in [1.82, 2.24) is 15.2 Å². The van der Waals surface area contributed by atoms with Gasteiger partial charge in [-0.15, -0.1) is 5.10 Å². The topological polar surface area (TPSA) is 133 Å². The molecule has 0 atom stereocenters. The molecule has 0 aliphatic heterocycles. The fourth-order valence-corrected chi connectivity index (χ4v) is 4.33. The number of nitrogen functional groups attached to an aromatic ring is 1. The van der Waals surface area contributed by atoms with E-state index in [9.17, 15) is 8.42 Å². The molecular weight excluding hydrogens is 489 g/mol. The van der Waals surface area contributed by atoms with Gasteiger partial charge in [-0.25, -0.2) is 8.42 Å². The van der Waals surface area contributed by atoms with E-state index >= 15 is 0 Å². The van der Waals surface area contributed by atoms with Gasteiger partial charge in [-0.2, -0.15) is 0 Å². The van der Waals surface area contributed by atoms with Crippen molar-refractivity contribution in [3.63, 3.8) is 0 Å². The van der Waals surface area contributed by atoms with Crippen molar-refractivity contribution < 1.29 is 17.6 Å². The maximum atomic E-state index is 12.8. The lowest BCUT2D eigenvalue weighted by atomic mass is 10.1. The highest BCUT2D eigenvalue weighted by Gasteiger charge is 2.19. The molecule has 0 fully saturated rings. The Morgan fingerprint density at radius 2 is 1.88 bits per heavy atom. The van der Waals surface area contributed by atoms with Crippen LogP contribution < -0.4 is 15.2 Å². The average molecular weight is 506 g/mol. The number of benzene rings is 2. The summed E-state index contributed by atoms with van der Waals surface area (Å²) in [6.45, 7) is 2.00. The first-order chi connectivity index (χ1) is 15.7. The zero-order chi connectivity index (χ0) is 23.6. The normalized spacial score (nSPS) is 11.4. The highest BCUT2D eigenvalue weighted by molar-refractivity contribution is 7.92. The number of pyridine rings is 1. The summed E-state index contributed by atoms with van der Waals surface area (Å²) in [5.41, 5.74) is 7.11. The van der Waals surface area contributed by atoms with Crippen LogP contribution in [0.4, 0.5) is 11.7 Å². The second-order valence-corrected chi connectivity index (χ2v) is 9.32. The largest absolute Gasteiger partial charge is 0.455 e. The van der Waals surface area contributed by atoms with Crippen molar-refractivity contribution in [2.24, 2.45) is 0 Å². The van der Waals surface area contributed by atoms with Gasteiger partial charge in [0.2, 0.25) is 0 Å². The van der Waals surface area contributed by atoms with E-state index in [0.29, 0.717) is 17.1 Å². The smallest absolute Gasteiger partial charge is 0.313 e. The van der Waals surface area contributed by atoms with Gasteiger partial charge >= 0.3 is 6.01 Å². The Bertz CT molecular complexity index is 1430. The van der Waals surface area contributed by atoms with Gasteiger partial charge in [0, 0.05) is 11.9 Å². The van der Waals surface area contributed by atoms with Gasteiger partial charge in [0.25, 0.3) is 15.9 Å². The van der Waals surface area contributed by atoms with Crippen LogP contribution >= 0.6 is 23.2 Å². The van der Waals surface area contributed by atoms with Crippen molar-refractivity contribution in [2.45, 2.75) is 18.2 Å². The van der Waals surface area contributed by atoms with Crippen LogP contribution in [0.25, 0.3) is 11.5 Å². The van der Waals surface area contributed by atoms with Crippen LogP contribution in [0.1, 0.15) is 12.5 Å². The van der Waals surface area contributed by atoms with Gasteiger partial charge in [0.15, 0.2) is 0 Å². The Morgan fingerprint density at radius 3 is 2.58 bits per heavy atom. The minimum Gasteiger partial charge on any atom is -0.455 e. The molecule has 0 unspecified atom stereocenters.